The van der Waals surface area contributed by atoms with Gasteiger partial charge in [-0.2, -0.15) is 0 Å². The zero-order valence-corrected chi connectivity index (χ0v) is 16.5. The fraction of sp³-hybridized carbons (Fsp3) is 0.895. The second-order valence-corrected chi connectivity index (χ2v) is 8.34. The Labute approximate surface area is 163 Å². The predicted octanol–water partition coefficient (Wildman–Crippen LogP) is 1.79. The molecule has 4 rings (SSSR count). The molecule has 1 unspecified atom stereocenters. The summed E-state index contributed by atoms with van der Waals surface area (Å²) in [5, 5.41) is 3.49. The van der Waals surface area contributed by atoms with E-state index in [1.54, 1.807) is 0 Å². The first kappa shape index (κ1) is 19.7. The Balaban J connectivity index is 0.00000196. The molecule has 1 N–H and O–H groups in total. The molecule has 6 nitrogen and oxygen atoms in total. The number of likely N-dealkylation sites (tertiary alicyclic amines) is 3. The number of nitrogens with one attached hydrogen (secondary N) is 1. The minimum absolute atomic E-state index is 0. The number of hydrogen-bond acceptors (Lipinski definition) is 3. The Morgan fingerprint density at radius 2 is 1.35 bits per heavy atom. The topological polar surface area (TPSA) is 55.9 Å². The number of hydrogen-bond donors (Lipinski definition) is 1. The summed E-state index contributed by atoms with van der Waals surface area (Å²) in [6.45, 7) is 7.25. The first-order valence-corrected chi connectivity index (χ1v) is 10.3. The molecule has 4 aliphatic rings. The van der Waals surface area contributed by atoms with Crippen molar-refractivity contribution in [2.24, 2.45) is 17.8 Å². The van der Waals surface area contributed by atoms with Gasteiger partial charge in [-0.05, 0) is 63.5 Å². The average Bonchev–Trinajstić information content (AvgIpc) is 3.30. The Kier molecular flexibility index (Phi) is 6.67. The molecule has 0 aromatic heterocycles. The van der Waals surface area contributed by atoms with Crippen LogP contribution in [-0.4, -0.2) is 79.0 Å². The fourth-order valence-electron chi connectivity index (χ4n) is 5.16. The van der Waals surface area contributed by atoms with E-state index in [9.17, 15) is 9.59 Å². The van der Waals surface area contributed by atoms with Crippen molar-refractivity contribution in [3.63, 3.8) is 0 Å². The fourth-order valence-corrected chi connectivity index (χ4v) is 5.16. The number of halogens is 1. The smallest absolute Gasteiger partial charge is 0.320 e. The van der Waals surface area contributed by atoms with Gasteiger partial charge in [-0.1, -0.05) is 0 Å². The molecule has 0 spiro atoms. The van der Waals surface area contributed by atoms with Crippen LogP contribution in [0.2, 0.25) is 0 Å². The zero-order chi connectivity index (χ0) is 17.2. The Hall–Kier alpha value is -1.01. The average molecular weight is 385 g/mol. The normalized spacial score (nSPS) is 32.0. The summed E-state index contributed by atoms with van der Waals surface area (Å²) < 4.78 is 0. The quantitative estimate of drug-likeness (QED) is 0.750. The predicted molar refractivity (Wildman–Crippen MR) is 103 cm³/mol. The summed E-state index contributed by atoms with van der Waals surface area (Å²) in [6, 6.07) is 0.159. The van der Waals surface area contributed by atoms with Gasteiger partial charge in [0.1, 0.15) is 0 Å². The van der Waals surface area contributed by atoms with Gasteiger partial charge < -0.3 is 20.0 Å². The first-order chi connectivity index (χ1) is 12.2. The van der Waals surface area contributed by atoms with Gasteiger partial charge >= 0.3 is 6.03 Å². The van der Waals surface area contributed by atoms with Gasteiger partial charge in [-0.3, -0.25) is 4.79 Å². The molecule has 0 aromatic carbocycles. The van der Waals surface area contributed by atoms with E-state index in [1.807, 2.05) is 9.80 Å². The third-order valence-corrected chi connectivity index (χ3v) is 6.75. The lowest BCUT2D eigenvalue weighted by molar-refractivity contribution is -0.137. The molecule has 3 amide bonds. The van der Waals surface area contributed by atoms with Crippen LogP contribution in [0.5, 0.6) is 0 Å². The maximum Gasteiger partial charge on any atom is 0.320 e. The van der Waals surface area contributed by atoms with Gasteiger partial charge in [0.15, 0.2) is 0 Å². The highest BCUT2D eigenvalue weighted by atomic mass is 35.5. The summed E-state index contributed by atoms with van der Waals surface area (Å²) in [6.07, 6.45) is 6.39. The molecule has 3 atom stereocenters. The van der Waals surface area contributed by atoms with Crippen molar-refractivity contribution in [3.8, 4) is 0 Å². The highest BCUT2D eigenvalue weighted by Gasteiger charge is 2.36. The molecular weight excluding hydrogens is 352 g/mol. The summed E-state index contributed by atoms with van der Waals surface area (Å²) >= 11 is 0. The van der Waals surface area contributed by atoms with Crippen LogP contribution in [0.1, 0.15) is 38.5 Å². The van der Waals surface area contributed by atoms with Gasteiger partial charge in [0.25, 0.3) is 0 Å². The maximum atomic E-state index is 13.1. The number of urea groups is 1. The van der Waals surface area contributed by atoms with Crippen LogP contribution >= 0.6 is 12.4 Å². The van der Waals surface area contributed by atoms with E-state index >= 15 is 0 Å². The van der Waals surface area contributed by atoms with Crippen LogP contribution in [0.3, 0.4) is 0 Å². The van der Waals surface area contributed by atoms with E-state index in [0.29, 0.717) is 12.5 Å². The third kappa shape index (κ3) is 4.11. The number of carbonyl (C=O) groups is 2. The van der Waals surface area contributed by atoms with Crippen molar-refractivity contribution in [1.29, 1.82) is 0 Å². The zero-order valence-electron chi connectivity index (χ0n) is 15.7. The van der Waals surface area contributed by atoms with Gasteiger partial charge in [0, 0.05) is 39.3 Å². The van der Waals surface area contributed by atoms with E-state index in [2.05, 4.69) is 10.2 Å². The number of fused-ring (bicyclic) bond motifs is 1. The van der Waals surface area contributed by atoms with Crippen molar-refractivity contribution in [1.82, 2.24) is 20.0 Å². The molecule has 4 saturated heterocycles. The van der Waals surface area contributed by atoms with Gasteiger partial charge in [0.2, 0.25) is 5.91 Å². The lowest BCUT2D eigenvalue weighted by atomic mass is 9.92. The Morgan fingerprint density at radius 3 is 2.00 bits per heavy atom. The van der Waals surface area contributed by atoms with Crippen molar-refractivity contribution in [2.45, 2.75) is 38.5 Å². The first-order valence-electron chi connectivity index (χ1n) is 10.3. The van der Waals surface area contributed by atoms with E-state index in [4.69, 9.17) is 0 Å². The van der Waals surface area contributed by atoms with Gasteiger partial charge in [0.05, 0.1) is 5.92 Å². The summed E-state index contributed by atoms with van der Waals surface area (Å²) in [4.78, 5) is 31.7. The van der Waals surface area contributed by atoms with Crippen LogP contribution in [0, 0.1) is 17.8 Å². The van der Waals surface area contributed by atoms with Gasteiger partial charge in [-0.25, -0.2) is 4.79 Å². The lowest BCUT2D eigenvalue weighted by Crippen LogP contribution is -2.50. The number of amides is 3. The molecule has 26 heavy (non-hydrogen) atoms. The van der Waals surface area contributed by atoms with Crippen LogP contribution in [-0.2, 0) is 4.79 Å². The van der Waals surface area contributed by atoms with Crippen molar-refractivity contribution in [3.05, 3.63) is 0 Å². The number of rotatable bonds is 1. The SMILES string of the molecule is Cl.O=C(C1CCCN(C(=O)N2CCCC2)C1)N1CC[C@@H]2CNC[C@@H]2CC1. The van der Waals surface area contributed by atoms with Crippen LogP contribution in [0.15, 0.2) is 0 Å². The van der Waals surface area contributed by atoms with Crippen LogP contribution < -0.4 is 5.32 Å². The molecule has 4 heterocycles. The van der Waals surface area contributed by atoms with E-state index in [-0.39, 0.29) is 24.4 Å². The molecule has 0 bridgehead atoms. The molecule has 4 aliphatic heterocycles. The molecule has 4 fully saturated rings. The summed E-state index contributed by atoms with van der Waals surface area (Å²) in [5.74, 6) is 1.80. The number of piperidine rings is 1. The van der Waals surface area contributed by atoms with Crippen LogP contribution in [0.25, 0.3) is 0 Å². The molecule has 0 aromatic rings. The lowest BCUT2D eigenvalue weighted by Gasteiger charge is -2.36. The molecule has 7 heteroatoms. The number of nitrogens with zero attached hydrogens (tertiary/aromatic N) is 3. The largest absolute Gasteiger partial charge is 0.342 e. The maximum absolute atomic E-state index is 13.1. The van der Waals surface area contributed by atoms with Gasteiger partial charge in [-0.15, -0.1) is 12.4 Å². The standard InChI is InChI=1S/C19H32N4O2.ClH/c24-18(21-10-5-15-12-20-13-16(15)6-11-21)17-4-3-9-23(14-17)19(25)22-7-1-2-8-22;/h15-17,20H,1-14H2;1H/t15-,16+,17?;. The summed E-state index contributed by atoms with van der Waals surface area (Å²) in [7, 11) is 0. The summed E-state index contributed by atoms with van der Waals surface area (Å²) in [5.41, 5.74) is 0. The highest BCUT2D eigenvalue weighted by molar-refractivity contribution is 5.85. The monoisotopic (exact) mass is 384 g/mol. The second kappa shape index (κ2) is 8.79. The molecule has 0 saturated carbocycles. The van der Waals surface area contributed by atoms with Crippen molar-refractivity contribution < 1.29 is 9.59 Å². The number of carbonyl (C=O) groups excluding carboxylic acids is 2. The van der Waals surface area contributed by atoms with Crippen LogP contribution in [0.4, 0.5) is 4.79 Å². The van der Waals surface area contributed by atoms with E-state index in [0.717, 1.165) is 96.2 Å². The molecule has 148 valence electrons. The highest BCUT2D eigenvalue weighted by Crippen LogP contribution is 2.29. The Bertz CT molecular complexity index is 498. The van der Waals surface area contributed by atoms with Crippen molar-refractivity contribution in [2.75, 3.05) is 52.4 Å². The van der Waals surface area contributed by atoms with E-state index in [1.165, 1.54) is 0 Å². The minimum Gasteiger partial charge on any atom is -0.342 e. The molecular formula is C19H33ClN4O2. The minimum atomic E-state index is 0. The third-order valence-electron chi connectivity index (χ3n) is 6.75. The van der Waals surface area contributed by atoms with E-state index < -0.39 is 0 Å². The second-order valence-electron chi connectivity index (χ2n) is 8.34. The Morgan fingerprint density at radius 1 is 0.731 bits per heavy atom. The van der Waals surface area contributed by atoms with Crippen molar-refractivity contribution >= 4 is 24.3 Å². The molecule has 0 radical (unpaired) electrons. The molecule has 0 aliphatic carbocycles.